The van der Waals surface area contributed by atoms with Gasteiger partial charge in [0.25, 0.3) is 0 Å². The molecular weight excluding hydrogens is 380 g/mol. The average Bonchev–Trinajstić information content (AvgIpc) is 2.85. The van der Waals surface area contributed by atoms with Gasteiger partial charge in [-0.2, -0.15) is 18.3 Å². The summed E-state index contributed by atoms with van der Waals surface area (Å²) in [6, 6.07) is 4.45. The van der Waals surface area contributed by atoms with E-state index in [1.807, 2.05) is 0 Å². The van der Waals surface area contributed by atoms with Crippen LogP contribution in [0.3, 0.4) is 0 Å². The van der Waals surface area contributed by atoms with Gasteiger partial charge in [-0.1, -0.05) is 18.5 Å². The molecular formula is C15H17Cl2F3N4O. The predicted octanol–water partition coefficient (Wildman–Crippen LogP) is 3.81. The van der Waals surface area contributed by atoms with Gasteiger partial charge in [0, 0.05) is 18.5 Å². The quantitative estimate of drug-likeness (QED) is 0.824. The normalized spacial score (nSPS) is 12.4. The highest BCUT2D eigenvalue weighted by molar-refractivity contribution is 6.32. The van der Waals surface area contributed by atoms with Crippen LogP contribution in [0.5, 0.6) is 0 Å². The molecule has 10 heteroatoms. The third-order valence-electron chi connectivity index (χ3n) is 3.39. The van der Waals surface area contributed by atoms with Gasteiger partial charge in [-0.15, -0.1) is 12.4 Å². The van der Waals surface area contributed by atoms with Crippen molar-refractivity contribution in [2.45, 2.75) is 20.0 Å². The zero-order valence-electron chi connectivity index (χ0n) is 13.4. The van der Waals surface area contributed by atoms with Crippen LogP contribution < -0.4 is 11.1 Å². The summed E-state index contributed by atoms with van der Waals surface area (Å²) < 4.78 is 40.0. The predicted molar refractivity (Wildman–Crippen MR) is 92.4 cm³/mol. The highest BCUT2D eigenvalue weighted by atomic mass is 35.5. The van der Waals surface area contributed by atoms with E-state index in [0.29, 0.717) is 5.69 Å². The summed E-state index contributed by atoms with van der Waals surface area (Å²) in [6.45, 7) is 3.43. The number of aromatic nitrogens is 2. The Kier molecular flexibility index (Phi) is 6.87. The van der Waals surface area contributed by atoms with Crippen LogP contribution in [0.25, 0.3) is 5.69 Å². The number of nitrogens with one attached hydrogen (secondary N) is 1. The summed E-state index contributed by atoms with van der Waals surface area (Å²) in [5, 5.41) is 6.81. The molecule has 1 aromatic heterocycles. The number of nitrogens with two attached hydrogens (primary N) is 1. The van der Waals surface area contributed by atoms with E-state index < -0.39 is 17.7 Å². The van der Waals surface area contributed by atoms with Crippen LogP contribution in [0.4, 0.5) is 19.0 Å². The summed E-state index contributed by atoms with van der Waals surface area (Å²) in [6.07, 6.45) is -4.51. The van der Waals surface area contributed by atoms with Gasteiger partial charge < -0.3 is 11.1 Å². The van der Waals surface area contributed by atoms with Crippen LogP contribution in [0.2, 0.25) is 5.02 Å². The van der Waals surface area contributed by atoms with E-state index in [9.17, 15) is 18.0 Å². The summed E-state index contributed by atoms with van der Waals surface area (Å²) in [7, 11) is 0. The fraction of sp³-hybridized carbons (Fsp3) is 0.333. The Balaban J connectivity index is 0.00000312. The lowest BCUT2D eigenvalue weighted by atomic mass is 10.1. The Labute approximate surface area is 153 Å². The number of hydrogen-bond donors (Lipinski definition) is 2. The Hall–Kier alpha value is -1.77. The monoisotopic (exact) mass is 396 g/mol. The van der Waals surface area contributed by atoms with E-state index in [-0.39, 0.29) is 41.4 Å². The zero-order valence-corrected chi connectivity index (χ0v) is 15.0. The minimum absolute atomic E-state index is 0. The minimum atomic E-state index is -4.51. The molecule has 0 aliphatic carbocycles. The summed E-state index contributed by atoms with van der Waals surface area (Å²) in [5.41, 5.74) is 5.12. The van der Waals surface area contributed by atoms with E-state index in [1.165, 1.54) is 10.7 Å². The molecule has 2 rings (SSSR count). The lowest BCUT2D eigenvalue weighted by Gasteiger charge is -2.14. The molecule has 0 fully saturated rings. The molecule has 0 bridgehead atoms. The third kappa shape index (κ3) is 4.87. The van der Waals surface area contributed by atoms with Crippen molar-refractivity contribution >= 4 is 35.7 Å². The van der Waals surface area contributed by atoms with Gasteiger partial charge in [-0.05, 0) is 25.1 Å². The smallest absolute Gasteiger partial charge is 0.330 e. The van der Waals surface area contributed by atoms with Crippen molar-refractivity contribution in [1.29, 1.82) is 0 Å². The van der Waals surface area contributed by atoms with Gasteiger partial charge in [-0.3, -0.25) is 4.79 Å². The molecule has 1 unspecified atom stereocenters. The number of benzene rings is 1. The van der Waals surface area contributed by atoms with Crippen molar-refractivity contribution in [2.24, 2.45) is 11.7 Å². The highest BCUT2D eigenvalue weighted by Gasteiger charge is 2.31. The average molecular weight is 397 g/mol. The topological polar surface area (TPSA) is 72.9 Å². The molecule has 0 spiro atoms. The van der Waals surface area contributed by atoms with Gasteiger partial charge in [0.15, 0.2) is 0 Å². The molecule has 1 aromatic carbocycles. The SMILES string of the molecule is Cc1cc(NC(=O)C(C)CN)n(-c2cc(C(F)(F)F)ccc2Cl)n1.Cl. The van der Waals surface area contributed by atoms with Crippen LogP contribution in [0, 0.1) is 12.8 Å². The number of carbonyl (C=O) groups excluding carboxylic acids is 1. The van der Waals surface area contributed by atoms with Crippen LogP contribution in [0.1, 0.15) is 18.2 Å². The van der Waals surface area contributed by atoms with Crippen LogP contribution in [-0.2, 0) is 11.0 Å². The lowest BCUT2D eigenvalue weighted by molar-refractivity contribution is -0.137. The second-order valence-electron chi connectivity index (χ2n) is 5.37. The second-order valence-corrected chi connectivity index (χ2v) is 5.78. The standard InChI is InChI=1S/C15H16ClF3N4O.ClH/c1-8(7-20)14(24)21-13-5-9(2)22-23(13)12-6-10(15(17,18)19)3-4-11(12)16;/h3-6,8H,7,20H2,1-2H3,(H,21,24);1H. The first-order valence-electron chi connectivity index (χ1n) is 7.08. The number of hydrogen-bond acceptors (Lipinski definition) is 3. The maximum absolute atomic E-state index is 12.9. The Bertz CT molecular complexity index is 762. The molecule has 0 saturated heterocycles. The van der Waals surface area contributed by atoms with Crippen LogP contribution in [-0.4, -0.2) is 22.2 Å². The van der Waals surface area contributed by atoms with Gasteiger partial charge >= 0.3 is 6.18 Å². The third-order valence-corrected chi connectivity index (χ3v) is 3.71. The molecule has 1 atom stereocenters. The summed E-state index contributed by atoms with van der Waals surface area (Å²) in [5.74, 6) is -0.591. The largest absolute Gasteiger partial charge is 0.416 e. The highest BCUT2D eigenvalue weighted by Crippen LogP contribution is 2.34. The summed E-state index contributed by atoms with van der Waals surface area (Å²) >= 11 is 6.03. The summed E-state index contributed by atoms with van der Waals surface area (Å²) in [4.78, 5) is 12.0. The van der Waals surface area contributed by atoms with Gasteiger partial charge in [0.1, 0.15) is 5.82 Å². The Morgan fingerprint density at radius 1 is 1.40 bits per heavy atom. The van der Waals surface area contributed by atoms with Gasteiger partial charge in [0.2, 0.25) is 5.91 Å². The number of rotatable bonds is 4. The lowest BCUT2D eigenvalue weighted by Crippen LogP contribution is -2.27. The number of anilines is 1. The van der Waals surface area contributed by atoms with Crippen LogP contribution in [0.15, 0.2) is 24.3 Å². The number of halogens is 5. The molecule has 2 aromatic rings. The molecule has 138 valence electrons. The number of carbonyl (C=O) groups is 1. The van der Waals surface area contributed by atoms with E-state index in [4.69, 9.17) is 17.3 Å². The number of amides is 1. The molecule has 0 aliphatic rings. The van der Waals surface area contributed by atoms with E-state index in [1.54, 1.807) is 13.8 Å². The van der Waals surface area contributed by atoms with Crippen molar-refractivity contribution in [3.63, 3.8) is 0 Å². The molecule has 5 nitrogen and oxygen atoms in total. The first-order chi connectivity index (χ1) is 11.1. The van der Waals surface area contributed by atoms with E-state index in [0.717, 1.165) is 18.2 Å². The molecule has 0 saturated carbocycles. The molecule has 3 N–H and O–H groups in total. The fourth-order valence-corrected chi connectivity index (χ4v) is 2.18. The van der Waals surface area contributed by atoms with Crippen LogP contribution >= 0.6 is 24.0 Å². The molecule has 25 heavy (non-hydrogen) atoms. The van der Waals surface area contributed by atoms with Crippen molar-refractivity contribution in [3.8, 4) is 5.69 Å². The molecule has 1 amide bonds. The number of nitrogens with zero attached hydrogens (tertiary/aromatic N) is 2. The molecule has 1 heterocycles. The van der Waals surface area contributed by atoms with Gasteiger partial charge in [0.05, 0.1) is 22.0 Å². The van der Waals surface area contributed by atoms with Gasteiger partial charge in [-0.25, -0.2) is 4.68 Å². The van der Waals surface area contributed by atoms with Crippen molar-refractivity contribution in [3.05, 3.63) is 40.5 Å². The van der Waals surface area contributed by atoms with Crippen molar-refractivity contribution < 1.29 is 18.0 Å². The van der Waals surface area contributed by atoms with Crippen molar-refractivity contribution in [1.82, 2.24) is 9.78 Å². The molecule has 0 radical (unpaired) electrons. The second kappa shape index (κ2) is 8.07. The Morgan fingerprint density at radius 2 is 2.04 bits per heavy atom. The Morgan fingerprint density at radius 3 is 2.60 bits per heavy atom. The number of aryl methyl sites for hydroxylation is 1. The van der Waals surface area contributed by atoms with E-state index in [2.05, 4.69) is 10.4 Å². The number of alkyl halides is 3. The van der Waals surface area contributed by atoms with E-state index >= 15 is 0 Å². The first-order valence-corrected chi connectivity index (χ1v) is 7.46. The minimum Gasteiger partial charge on any atom is -0.330 e. The van der Waals surface area contributed by atoms with Crippen molar-refractivity contribution in [2.75, 3.05) is 11.9 Å². The fourth-order valence-electron chi connectivity index (χ4n) is 1.98. The first kappa shape index (κ1) is 21.3. The maximum Gasteiger partial charge on any atom is 0.416 e. The zero-order chi connectivity index (χ0) is 18.1. The maximum atomic E-state index is 12.9. The molecule has 0 aliphatic heterocycles.